The zero-order chi connectivity index (χ0) is 13.9. The normalized spacial score (nSPS) is 9.70. The highest BCUT2D eigenvalue weighted by Gasteiger charge is 2.02. The van der Waals surface area contributed by atoms with E-state index in [-0.39, 0.29) is 24.9 Å². The van der Waals surface area contributed by atoms with E-state index in [2.05, 4.69) is 12.2 Å². The van der Waals surface area contributed by atoms with Crippen LogP contribution < -0.4 is 15.8 Å². The standard InChI is InChI=1S/C14H22N2O3.ClH/c1-2-3-9-18-11-14(17)16-12-4-6-13(7-5-12)19-10-8-15;/h4-7H,2-3,8-11,15H2,1H3,(H,16,17);1H. The van der Waals surface area contributed by atoms with E-state index in [0.29, 0.717) is 19.8 Å². The summed E-state index contributed by atoms with van der Waals surface area (Å²) in [4.78, 5) is 11.5. The van der Waals surface area contributed by atoms with E-state index in [9.17, 15) is 4.79 Å². The van der Waals surface area contributed by atoms with Crippen molar-refractivity contribution in [2.24, 2.45) is 5.73 Å². The molecule has 5 nitrogen and oxygen atoms in total. The molecule has 3 N–H and O–H groups in total. The third kappa shape index (κ3) is 7.99. The minimum Gasteiger partial charge on any atom is -0.492 e. The second-order valence-electron chi connectivity index (χ2n) is 4.12. The summed E-state index contributed by atoms with van der Waals surface area (Å²) in [5.74, 6) is 0.592. The fourth-order valence-electron chi connectivity index (χ4n) is 1.42. The summed E-state index contributed by atoms with van der Waals surface area (Å²) in [6.45, 7) is 3.75. The lowest BCUT2D eigenvalue weighted by Gasteiger charge is -2.08. The number of nitrogens with one attached hydrogen (secondary N) is 1. The fourth-order valence-corrected chi connectivity index (χ4v) is 1.42. The van der Waals surface area contributed by atoms with Crippen LogP contribution in [0.1, 0.15) is 19.8 Å². The Kier molecular flexibility index (Phi) is 10.8. The van der Waals surface area contributed by atoms with Crippen molar-refractivity contribution < 1.29 is 14.3 Å². The summed E-state index contributed by atoms with van der Waals surface area (Å²) in [6.07, 6.45) is 2.03. The highest BCUT2D eigenvalue weighted by molar-refractivity contribution is 5.91. The number of hydrogen-bond donors (Lipinski definition) is 2. The molecule has 0 heterocycles. The van der Waals surface area contributed by atoms with Crippen molar-refractivity contribution in [3.63, 3.8) is 0 Å². The molecule has 6 heteroatoms. The molecule has 0 aromatic heterocycles. The van der Waals surface area contributed by atoms with E-state index in [1.165, 1.54) is 0 Å². The predicted octanol–water partition coefficient (Wildman–Crippen LogP) is 2.20. The van der Waals surface area contributed by atoms with E-state index < -0.39 is 0 Å². The largest absolute Gasteiger partial charge is 0.492 e. The van der Waals surface area contributed by atoms with Crippen molar-refractivity contribution in [3.05, 3.63) is 24.3 Å². The molecule has 0 aliphatic rings. The third-order valence-electron chi connectivity index (χ3n) is 2.40. The van der Waals surface area contributed by atoms with Crippen molar-refractivity contribution in [1.29, 1.82) is 0 Å². The van der Waals surface area contributed by atoms with Crippen LogP contribution in [-0.4, -0.2) is 32.3 Å². The summed E-state index contributed by atoms with van der Waals surface area (Å²) in [7, 11) is 0. The number of carbonyl (C=O) groups excluding carboxylic acids is 1. The second kappa shape index (κ2) is 11.5. The Morgan fingerprint density at radius 2 is 1.95 bits per heavy atom. The van der Waals surface area contributed by atoms with Gasteiger partial charge in [-0.05, 0) is 30.7 Å². The van der Waals surface area contributed by atoms with Crippen LogP contribution >= 0.6 is 12.4 Å². The van der Waals surface area contributed by atoms with Gasteiger partial charge in [-0.2, -0.15) is 0 Å². The average molecular weight is 303 g/mol. The molecular weight excluding hydrogens is 280 g/mol. The number of benzene rings is 1. The average Bonchev–Trinajstić information content (AvgIpc) is 2.43. The number of rotatable bonds is 9. The van der Waals surface area contributed by atoms with Crippen LogP contribution in [0.4, 0.5) is 5.69 Å². The lowest BCUT2D eigenvalue weighted by atomic mass is 10.3. The lowest BCUT2D eigenvalue weighted by Crippen LogP contribution is -2.18. The zero-order valence-electron chi connectivity index (χ0n) is 11.8. The first-order chi connectivity index (χ1) is 9.26. The monoisotopic (exact) mass is 302 g/mol. The van der Waals surface area contributed by atoms with Gasteiger partial charge in [-0.1, -0.05) is 13.3 Å². The van der Waals surface area contributed by atoms with E-state index in [1.54, 1.807) is 24.3 Å². The molecule has 0 fully saturated rings. The highest BCUT2D eigenvalue weighted by atomic mass is 35.5. The summed E-state index contributed by atoms with van der Waals surface area (Å²) < 4.78 is 10.6. The number of unbranched alkanes of at least 4 members (excludes halogenated alkanes) is 1. The Balaban J connectivity index is 0.00000361. The van der Waals surface area contributed by atoms with Crippen molar-refractivity contribution in [2.45, 2.75) is 19.8 Å². The molecular formula is C14H23ClN2O3. The maximum atomic E-state index is 11.5. The Morgan fingerprint density at radius 1 is 1.25 bits per heavy atom. The van der Waals surface area contributed by atoms with Gasteiger partial charge in [0.1, 0.15) is 19.0 Å². The topological polar surface area (TPSA) is 73.6 Å². The van der Waals surface area contributed by atoms with Crippen molar-refractivity contribution in [1.82, 2.24) is 0 Å². The molecule has 0 spiro atoms. The second-order valence-corrected chi connectivity index (χ2v) is 4.12. The molecule has 0 radical (unpaired) electrons. The van der Waals surface area contributed by atoms with Gasteiger partial charge in [-0.3, -0.25) is 4.79 Å². The van der Waals surface area contributed by atoms with Crippen LogP contribution in [0, 0.1) is 0 Å². The molecule has 114 valence electrons. The number of anilines is 1. The molecule has 0 aliphatic carbocycles. The van der Waals surface area contributed by atoms with Gasteiger partial charge in [0.25, 0.3) is 0 Å². The summed E-state index contributed by atoms with van der Waals surface area (Å²) in [5.41, 5.74) is 6.07. The number of carbonyl (C=O) groups is 1. The number of hydrogen-bond acceptors (Lipinski definition) is 4. The number of amides is 1. The quantitative estimate of drug-likeness (QED) is 0.686. The summed E-state index contributed by atoms with van der Waals surface area (Å²) in [5, 5.41) is 2.76. The van der Waals surface area contributed by atoms with Crippen molar-refractivity contribution in [3.8, 4) is 5.75 Å². The Labute approximate surface area is 126 Å². The molecule has 0 unspecified atom stereocenters. The van der Waals surface area contributed by atoms with E-state index in [1.807, 2.05) is 0 Å². The number of nitrogens with two attached hydrogens (primary N) is 1. The van der Waals surface area contributed by atoms with E-state index in [0.717, 1.165) is 24.3 Å². The molecule has 0 bridgehead atoms. The smallest absolute Gasteiger partial charge is 0.250 e. The van der Waals surface area contributed by atoms with Crippen LogP contribution in [-0.2, 0) is 9.53 Å². The maximum Gasteiger partial charge on any atom is 0.250 e. The van der Waals surface area contributed by atoms with Crippen LogP contribution in [0.5, 0.6) is 5.75 Å². The third-order valence-corrected chi connectivity index (χ3v) is 2.40. The zero-order valence-corrected chi connectivity index (χ0v) is 12.6. The first-order valence-corrected chi connectivity index (χ1v) is 6.56. The molecule has 0 saturated heterocycles. The predicted molar refractivity (Wildman–Crippen MR) is 82.6 cm³/mol. The molecule has 20 heavy (non-hydrogen) atoms. The van der Waals surface area contributed by atoms with Gasteiger partial charge in [-0.25, -0.2) is 0 Å². The first-order valence-electron chi connectivity index (χ1n) is 6.56. The van der Waals surface area contributed by atoms with Crippen molar-refractivity contribution >= 4 is 24.0 Å². The SMILES string of the molecule is CCCCOCC(=O)Nc1ccc(OCCN)cc1.Cl. The highest BCUT2D eigenvalue weighted by Crippen LogP contribution is 2.15. The summed E-state index contributed by atoms with van der Waals surface area (Å²) >= 11 is 0. The van der Waals surface area contributed by atoms with Gasteiger partial charge in [0.15, 0.2) is 0 Å². The lowest BCUT2D eigenvalue weighted by molar-refractivity contribution is -0.120. The van der Waals surface area contributed by atoms with Crippen LogP contribution in [0.25, 0.3) is 0 Å². The fraction of sp³-hybridized carbons (Fsp3) is 0.500. The molecule has 1 aromatic carbocycles. The molecule has 0 atom stereocenters. The van der Waals surface area contributed by atoms with Gasteiger partial charge < -0.3 is 20.5 Å². The molecule has 1 amide bonds. The van der Waals surface area contributed by atoms with Crippen LogP contribution in [0.15, 0.2) is 24.3 Å². The van der Waals surface area contributed by atoms with Gasteiger partial charge in [0.2, 0.25) is 5.91 Å². The van der Waals surface area contributed by atoms with E-state index in [4.69, 9.17) is 15.2 Å². The van der Waals surface area contributed by atoms with Gasteiger partial charge in [0.05, 0.1) is 0 Å². The molecule has 1 aromatic rings. The Morgan fingerprint density at radius 3 is 2.55 bits per heavy atom. The first kappa shape index (κ1) is 18.7. The van der Waals surface area contributed by atoms with E-state index >= 15 is 0 Å². The molecule has 1 rings (SSSR count). The number of ether oxygens (including phenoxy) is 2. The van der Waals surface area contributed by atoms with Gasteiger partial charge in [-0.15, -0.1) is 12.4 Å². The Bertz CT molecular complexity index is 371. The number of halogens is 1. The van der Waals surface area contributed by atoms with Crippen molar-refractivity contribution in [2.75, 3.05) is 31.7 Å². The minimum atomic E-state index is -0.147. The molecule has 0 saturated carbocycles. The van der Waals surface area contributed by atoms with Gasteiger partial charge in [0, 0.05) is 18.8 Å². The van der Waals surface area contributed by atoms with Crippen LogP contribution in [0.3, 0.4) is 0 Å². The Hall–Kier alpha value is -1.30. The van der Waals surface area contributed by atoms with Gasteiger partial charge >= 0.3 is 0 Å². The maximum absolute atomic E-state index is 11.5. The van der Waals surface area contributed by atoms with Crippen LogP contribution in [0.2, 0.25) is 0 Å². The molecule has 0 aliphatic heterocycles. The minimum absolute atomic E-state index is 0. The summed E-state index contributed by atoms with van der Waals surface area (Å²) in [6, 6.07) is 7.16.